The lowest BCUT2D eigenvalue weighted by Gasteiger charge is -2.35. The zero-order valence-corrected chi connectivity index (χ0v) is 13.3. The van der Waals surface area contributed by atoms with Crippen LogP contribution in [0.15, 0.2) is 10.7 Å². The molecule has 1 saturated carbocycles. The average molecular weight is 314 g/mol. The average Bonchev–Trinajstić information content (AvgIpc) is 2.94. The van der Waals surface area contributed by atoms with Crippen LogP contribution in [0.1, 0.15) is 58.2 Å². The first-order chi connectivity index (χ1) is 8.62. The quantitative estimate of drug-likeness (QED) is 0.893. The Morgan fingerprint density at radius 1 is 1.44 bits per heavy atom. The summed E-state index contributed by atoms with van der Waals surface area (Å²) in [6.07, 6.45) is 7.27. The molecule has 102 valence electrons. The van der Waals surface area contributed by atoms with E-state index in [-0.39, 0.29) is 0 Å². The van der Waals surface area contributed by atoms with Crippen LogP contribution in [-0.4, -0.2) is 16.3 Å². The van der Waals surface area contributed by atoms with E-state index in [0.717, 1.165) is 17.6 Å². The maximum atomic E-state index is 4.47. The van der Waals surface area contributed by atoms with Crippen LogP contribution in [0.4, 0.5) is 0 Å². The molecule has 1 atom stereocenters. The van der Waals surface area contributed by atoms with Gasteiger partial charge in [-0.05, 0) is 47.7 Å². The van der Waals surface area contributed by atoms with Crippen molar-refractivity contribution in [3.8, 4) is 0 Å². The third-order valence-electron chi connectivity index (χ3n) is 4.26. The lowest BCUT2D eigenvalue weighted by atomic mass is 9.79. The van der Waals surface area contributed by atoms with Crippen molar-refractivity contribution in [3.63, 3.8) is 0 Å². The Labute approximate surface area is 118 Å². The van der Waals surface area contributed by atoms with E-state index in [1.54, 1.807) is 0 Å². The standard InChI is InChI=1S/C14H24BrN3/c1-4-16-13(14(3)8-6-7-9-14)12-11(15)10-17-18(12)5-2/h10,13,16H,4-9H2,1-3H3. The van der Waals surface area contributed by atoms with Crippen LogP contribution in [0.25, 0.3) is 0 Å². The molecule has 0 saturated heterocycles. The van der Waals surface area contributed by atoms with Gasteiger partial charge in [-0.2, -0.15) is 5.10 Å². The summed E-state index contributed by atoms with van der Waals surface area (Å²) >= 11 is 3.68. The van der Waals surface area contributed by atoms with Crippen molar-refractivity contribution in [2.24, 2.45) is 5.41 Å². The molecule has 0 radical (unpaired) electrons. The fourth-order valence-corrected chi connectivity index (χ4v) is 3.78. The SMILES string of the molecule is CCNC(c1c(Br)cnn1CC)C1(C)CCCC1. The monoisotopic (exact) mass is 313 g/mol. The second-order valence-electron chi connectivity index (χ2n) is 5.55. The Morgan fingerprint density at radius 3 is 2.67 bits per heavy atom. The maximum absolute atomic E-state index is 4.47. The molecular weight excluding hydrogens is 290 g/mol. The predicted octanol–water partition coefficient (Wildman–Crippen LogP) is 3.90. The molecule has 1 fully saturated rings. The number of halogens is 1. The van der Waals surface area contributed by atoms with Crippen molar-refractivity contribution in [1.82, 2.24) is 15.1 Å². The van der Waals surface area contributed by atoms with Crippen molar-refractivity contribution in [3.05, 3.63) is 16.4 Å². The largest absolute Gasteiger partial charge is 0.308 e. The second kappa shape index (κ2) is 5.74. The first-order valence-corrected chi connectivity index (χ1v) is 7.86. The molecular formula is C14H24BrN3. The fourth-order valence-electron chi connectivity index (χ4n) is 3.26. The summed E-state index contributed by atoms with van der Waals surface area (Å²) in [6, 6.07) is 0.404. The zero-order chi connectivity index (χ0) is 13.2. The van der Waals surface area contributed by atoms with Crippen molar-refractivity contribution in [1.29, 1.82) is 0 Å². The van der Waals surface area contributed by atoms with Crippen LogP contribution in [0.2, 0.25) is 0 Å². The third kappa shape index (κ3) is 2.50. The number of rotatable bonds is 5. The molecule has 0 aliphatic heterocycles. The van der Waals surface area contributed by atoms with Crippen LogP contribution in [0.3, 0.4) is 0 Å². The molecule has 1 aromatic rings. The van der Waals surface area contributed by atoms with Crippen molar-refractivity contribution in [2.45, 2.75) is 59.0 Å². The highest BCUT2D eigenvalue weighted by molar-refractivity contribution is 9.10. The van der Waals surface area contributed by atoms with Gasteiger partial charge < -0.3 is 5.32 Å². The Kier molecular flexibility index (Phi) is 4.49. The van der Waals surface area contributed by atoms with Gasteiger partial charge in [0.05, 0.1) is 22.4 Å². The van der Waals surface area contributed by atoms with Gasteiger partial charge in [0.25, 0.3) is 0 Å². The Hall–Kier alpha value is -0.350. The van der Waals surface area contributed by atoms with Crippen LogP contribution in [0, 0.1) is 5.41 Å². The van der Waals surface area contributed by atoms with E-state index in [0.29, 0.717) is 11.5 Å². The highest BCUT2D eigenvalue weighted by Gasteiger charge is 2.39. The van der Waals surface area contributed by atoms with Gasteiger partial charge in [0.15, 0.2) is 0 Å². The first-order valence-electron chi connectivity index (χ1n) is 7.07. The van der Waals surface area contributed by atoms with Gasteiger partial charge in [-0.1, -0.05) is 26.7 Å². The minimum absolute atomic E-state index is 0.367. The summed E-state index contributed by atoms with van der Waals surface area (Å²) < 4.78 is 3.27. The Morgan fingerprint density at radius 2 is 2.11 bits per heavy atom. The van der Waals surface area contributed by atoms with Gasteiger partial charge >= 0.3 is 0 Å². The summed E-state index contributed by atoms with van der Waals surface area (Å²) in [5.74, 6) is 0. The topological polar surface area (TPSA) is 29.9 Å². The molecule has 0 bridgehead atoms. The van der Waals surface area contributed by atoms with Gasteiger partial charge in [0.1, 0.15) is 0 Å². The molecule has 3 nitrogen and oxygen atoms in total. The molecule has 4 heteroatoms. The predicted molar refractivity (Wildman–Crippen MR) is 78.6 cm³/mol. The lowest BCUT2D eigenvalue weighted by Crippen LogP contribution is -2.36. The van der Waals surface area contributed by atoms with Crippen LogP contribution in [0.5, 0.6) is 0 Å². The molecule has 2 rings (SSSR count). The van der Waals surface area contributed by atoms with Gasteiger partial charge in [0, 0.05) is 6.54 Å². The van der Waals surface area contributed by atoms with Crippen molar-refractivity contribution in [2.75, 3.05) is 6.54 Å². The molecule has 1 aliphatic rings. The van der Waals surface area contributed by atoms with E-state index in [4.69, 9.17) is 0 Å². The van der Waals surface area contributed by atoms with E-state index in [2.05, 4.69) is 51.8 Å². The number of aromatic nitrogens is 2. The molecule has 1 heterocycles. The lowest BCUT2D eigenvalue weighted by molar-refractivity contribution is 0.215. The number of hydrogen-bond donors (Lipinski definition) is 1. The molecule has 1 unspecified atom stereocenters. The molecule has 0 aromatic carbocycles. The van der Waals surface area contributed by atoms with Crippen LogP contribution in [-0.2, 0) is 6.54 Å². The minimum Gasteiger partial charge on any atom is -0.308 e. The smallest absolute Gasteiger partial charge is 0.0701 e. The maximum Gasteiger partial charge on any atom is 0.0701 e. The number of aryl methyl sites for hydroxylation is 1. The van der Waals surface area contributed by atoms with Gasteiger partial charge in [-0.3, -0.25) is 4.68 Å². The van der Waals surface area contributed by atoms with Gasteiger partial charge in [-0.15, -0.1) is 0 Å². The Bertz CT molecular complexity index is 394. The number of nitrogens with zero attached hydrogens (tertiary/aromatic N) is 2. The third-order valence-corrected chi connectivity index (χ3v) is 4.87. The van der Waals surface area contributed by atoms with E-state index in [9.17, 15) is 0 Å². The molecule has 0 spiro atoms. The van der Waals surface area contributed by atoms with Gasteiger partial charge in [-0.25, -0.2) is 0 Å². The second-order valence-corrected chi connectivity index (χ2v) is 6.40. The zero-order valence-electron chi connectivity index (χ0n) is 11.7. The van der Waals surface area contributed by atoms with Crippen LogP contribution < -0.4 is 5.32 Å². The van der Waals surface area contributed by atoms with Crippen molar-refractivity contribution >= 4 is 15.9 Å². The summed E-state index contributed by atoms with van der Waals surface area (Å²) in [4.78, 5) is 0. The number of hydrogen-bond acceptors (Lipinski definition) is 2. The summed E-state index contributed by atoms with van der Waals surface area (Å²) in [5.41, 5.74) is 1.69. The number of nitrogens with one attached hydrogen (secondary N) is 1. The minimum atomic E-state index is 0.367. The van der Waals surface area contributed by atoms with E-state index >= 15 is 0 Å². The van der Waals surface area contributed by atoms with E-state index < -0.39 is 0 Å². The molecule has 18 heavy (non-hydrogen) atoms. The van der Waals surface area contributed by atoms with E-state index in [1.807, 2.05) is 6.20 Å². The highest BCUT2D eigenvalue weighted by Crippen LogP contribution is 2.48. The van der Waals surface area contributed by atoms with Gasteiger partial charge in [0.2, 0.25) is 0 Å². The normalized spacial score (nSPS) is 20.2. The molecule has 1 aromatic heterocycles. The van der Waals surface area contributed by atoms with Crippen molar-refractivity contribution < 1.29 is 0 Å². The fraction of sp³-hybridized carbons (Fsp3) is 0.786. The Balaban J connectivity index is 2.37. The van der Waals surface area contributed by atoms with E-state index in [1.165, 1.54) is 31.4 Å². The summed E-state index contributed by atoms with van der Waals surface area (Å²) in [5, 5.41) is 8.16. The molecule has 1 aliphatic carbocycles. The molecule has 0 amide bonds. The summed E-state index contributed by atoms with van der Waals surface area (Å²) in [6.45, 7) is 8.70. The molecule has 1 N–H and O–H groups in total. The van der Waals surface area contributed by atoms with Crippen LogP contribution >= 0.6 is 15.9 Å². The summed E-state index contributed by atoms with van der Waals surface area (Å²) in [7, 11) is 0. The first kappa shape index (κ1) is 14.1. The highest BCUT2D eigenvalue weighted by atomic mass is 79.9.